The Hall–Kier alpha value is -1.84. The first-order chi connectivity index (χ1) is 12.6. The van der Waals surface area contributed by atoms with Gasteiger partial charge in [-0.3, -0.25) is 4.79 Å². The third-order valence-electron chi connectivity index (χ3n) is 5.38. The van der Waals surface area contributed by atoms with Gasteiger partial charge >= 0.3 is 11.9 Å². The summed E-state index contributed by atoms with van der Waals surface area (Å²) in [6, 6.07) is 9.13. The highest BCUT2D eigenvalue weighted by molar-refractivity contribution is 5.82. The summed E-state index contributed by atoms with van der Waals surface area (Å²) < 4.78 is 11.6. The highest BCUT2D eigenvalue weighted by Gasteiger charge is 2.37. The molecule has 1 saturated carbocycles. The second-order valence-electron chi connectivity index (χ2n) is 9.25. The molecule has 0 unspecified atom stereocenters. The van der Waals surface area contributed by atoms with Gasteiger partial charge in [0.25, 0.3) is 0 Å². The fourth-order valence-electron chi connectivity index (χ4n) is 3.63. The number of benzene rings is 1. The first kappa shape index (κ1) is 21.5. The Morgan fingerprint density at radius 1 is 1.07 bits per heavy atom. The molecule has 0 radical (unpaired) electrons. The molecule has 0 heterocycles. The van der Waals surface area contributed by atoms with Gasteiger partial charge in [-0.25, -0.2) is 4.79 Å². The first-order valence-corrected chi connectivity index (χ1v) is 10.1. The van der Waals surface area contributed by atoms with Crippen LogP contribution in [0.2, 0.25) is 0 Å². The maximum Gasteiger partial charge on any atom is 0.352 e. The van der Waals surface area contributed by atoms with E-state index in [1.165, 1.54) is 0 Å². The minimum absolute atomic E-state index is 0.124. The van der Waals surface area contributed by atoms with Crippen LogP contribution in [0.4, 0.5) is 0 Å². The lowest BCUT2D eigenvalue weighted by Gasteiger charge is -2.37. The van der Waals surface area contributed by atoms with E-state index >= 15 is 0 Å². The molecule has 4 atom stereocenters. The first-order valence-electron chi connectivity index (χ1n) is 10.1. The van der Waals surface area contributed by atoms with Crippen molar-refractivity contribution in [2.24, 2.45) is 23.2 Å². The highest BCUT2D eigenvalue weighted by atomic mass is 16.6. The summed E-state index contributed by atoms with van der Waals surface area (Å²) in [7, 11) is 0. The molecule has 0 amide bonds. The number of carbonyl (C=O) groups excluding carboxylic acids is 2. The lowest BCUT2D eigenvalue weighted by atomic mass is 9.75. The van der Waals surface area contributed by atoms with Crippen LogP contribution in [-0.4, -0.2) is 18.0 Å². The molecule has 1 aliphatic rings. The van der Waals surface area contributed by atoms with Crippen LogP contribution in [0.25, 0.3) is 0 Å². The van der Waals surface area contributed by atoms with Crippen LogP contribution in [0, 0.1) is 23.2 Å². The van der Waals surface area contributed by atoms with Crippen LogP contribution in [0.5, 0.6) is 0 Å². The van der Waals surface area contributed by atoms with Crippen molar-refractivity contribution in [1.82, 2.24) is 0 Å². The van der Waals surface area contributed by atoms with Gasteiger partial charge in [-0.2, -0.15) is 0 Å². The van der Waals surface area contributed by atoms with Gasteiger partial charge in [0, 0.05) is 5.56 Å². The van der Waals surface area contributed by atoms with Gasteiger partial charge < -0.3 is 9.47 Å². The maximum atomic E-state index is 13.0. The van der Waals surface area contributed by atoms with E-state index in [1.807, 2.05) is 18.2 Å². The normalized spacial score (nSPS) is 24.3. The number of ether oxygens (including phenoxy) is 2. The molecule has 0 aliphatic heterocycles. The molecule has 0 aromatic heterocycles. The maximum absolute atomic E-state index is 13.0. The molecule has 2 rings (SSSR count). The fourth-order valence-corrected chi connectivity index (χ4v) is 3.63. The molecule has 150 valence electrons. The zero-order valence-corrected chi connectivity index (χ0v) is 17.5. The number of hydrogen-bond donors (Lipinski definition) is 0. The van der Waals surface area contributed by atoms with Crippen molar-refractivity contribution in [2.45, 2.75) is 73.0 Å². The number of rotatable bonds is 5. The third-order valence-corrected chi connectivity index (χ3v) is 5.38. The predicted molar refractivity (Wildman–Crippen MR) is 106 cm³/mol. The molecule has 0 N–H and O–H groups in total. The van der Waals surface area contributed by atoms with Crippen molar-refractivity contribution < 1.29 is 19.1 Å². The van der Waals surface area contributed by atoms with E-state index in [-0.39, 0.29) is 6.10 Å². The van der Waals surface area contributed by atoms with E-state index < -0.39 is 23.5 Å². The Balaban J connectivity index is 2.21. The second kappa shape index (κ2) is 8.90. The van der Waals surface area contributed by atoms with Crippen molar-refractivity contribution >= 4 is 11.9 Å². The Morgan fingerprint density at radius 3 is 2.26 bits per heavy atom. The average molecular weight is 375 g/mol. The number of carbonyl (C=O) groups is 2. The van der Waals surface area contributed by atoms with Crippen molar-refractivity contribution in [3.8, 4) is 0 Å². The molecule has 0 bridgehead atoms. The Bertz CT molecular complexity index is 630. The molecule has 1 aromatic carbocycles. The van der Waals surface area contributed by atoms with Crippen LogP contribution in [-0.2, 0) is 19.1 Å². The van der Waals surface area contributed by atoms with Gasteiger partial charge in [0.1, 0.15) is 6.10 Å². The predicted octanol–water partition coefficient (Wildman–Crippen LogP) is 5.32. The molecular weight excluding hydrogens is 340 g/mol. The second-order valence-corrected chi connectivity index (χ2v) is 9.25. The van der Waals surface area contributed by atoms with E-state index in [4.69, 9.17) is 9.47 Å². The SMILES string of the molecule is CC(C)[C@@H]1CC[C@@H](C)C[C@H]1OC(=O)[C@H](OC(=O)C(C)(C)C)c1ccccc1. The summed E-state index contributed by atoms with van der Waals surface area (Å²) in [4.78, 5) is 25.5. The van der Waals surface area contributed by atoms with Crippen molar-refractivity contribution in [2.75, 3.05) is 0 Å². The lowest BCUT2D eigenvalue weighted by molar-refractivity contribution is -0.180. The van der Waals surface area contributed by atoms with E-state index in [2.05, 4.69) is 20.8 Å². The summed E-state index contributed by atoms with van der Waals surface area (Å²) in [5, 5.41) is 0. The van der Waals surface area contributed by atoms with E-state index in [0.717, 1.165) is 19.3 Å². The minimum atomic E-state index is -1.03. The number of esters is 2. The molecule has 4 nitrogen and oxygen atoms in total. The third kappa shape index (κ3) is 5.82. The van der Waals surface area contributed by atoms with Gasteiger partial charge in [-0.05, 0) is 51.4 Å². The van der Waals surface area contributed by atoms with Crippen molar-refractivity contribution in [1.29, 1.82) is 0 Å². The molecule has 1 aromatic rings. The van der Waals surface area contributed by atoms with E-state index in [1.54, 1.807) is 32.9 Å². The Labute approximate surface area is 163 Å². The minimum Gasteiger partial charge on any atom is -0.459 e. The molecule has 27 heavy (non-hydrogen) atoms. The van der Waals surface area contributed by atoms with Crippen molar-refractivity contribution in [3.63, 3.8) is 0 Å². The Kier molecular flexibility index (Phi) is 7.07. The zero-order chi connectivity index (χ0) is 20.2. The standard InChI is InChI=1S/C23H34O4/c1-15(2)18-13-12-16(3)14-19(18)26-21(24)20(17-10-8-7-9-11-17)27-22(25)23(4,5)6/h7-11,15-16,18-20H,12-14H2,1-6H3/t16-,18+,19-,20-/m1/s1. The molecular formula is C23H34O4. The molecule has 0 saturated heterocycles. The summed E-state index contributed by atoms with van der Waals surface area (Å²) in [5.41, 5.74) is -0.0438. The van der Waals surface area contributed by atoms with Crippen LogP contribution >= 0.6 is 0 Å². The molecule has 1 aliphatic carbocycles. The van der Waals surface area contributed by atoms with Gasteiger partial charge in [0.2, 0.25) is 6.10 Å². The summed E-state index contributed by atoms with van der Waals surface area (Å²) in [6.07, 6.45) is 1.94. The van der Waals surface area contributed by atoms with Gasteiger partial charge in [-0.1, -0.05) is 57.5 Å². The van der Waals surface area contributed by atoms with Crippen LogP contribution < -0.4 is 0 Å². The monoisotopic (exact) mass is 374 g/mol. The van der Waals surface area contributed by atoms with Gasteiger partial charge in [-0.15, -0.1) is 0 Å². The van der Waals surface area contributed by atoms with E-state index in [9.17, 15) is 9.59 Å². The molecule has 0 spiro atoms. The molecule has 4 heteroatoms. The van der Waals surface area contributed by atoms with E-state index in [0.29, 0.717) is 23.3 Å². The zero-order valence-electron chi connectivity index (χ0n) is 17.5. The summed E-state index contributed by atoms with van der Waals surface area (Å²) >= 11 is 0. The van der Waals surface area contributed by atoms with Gasteiger partial charge in [0.05, 0.1) is 5.41 Å². The lowest BCUT2D eigenvalue weighted by Crippen LogP contribution is -2.38. The fraction of sp³-hybridized carbons (Fsp3) is 0.652. The summed E-state index contributed by atoms with van der Waals surface area (Å²) in [6.45, 7) is 11.9. The summed E-state index contributed by atoms with van der Waals surface area (Å²) in [5.74, 6) is 0.446. The topological polar surface area (TPSA) is 52.6 Å². The average Bonchev–Trinajstić information content (AvgIpc) is 2.59. The largest absolute Gasteiger partial charge is 0.459 e. The Morgan fingerprint density at radius 2 is 1.70 bits per heavy atom. The quantitative estimate of drug-likeness (QED) is 0.655. The van der Waals surface area contributed by atoms with Gasteiger partial charge in [0.15, 0.2) is 0 Å². The van der Waals surface area contributed by atoms with Crippen LogP contribution in [0.1, 0.15) is 72.5 Å². The van der Waals surface area contributed by atoms with Crippen LogP contribution in [0.15, 0.2) is 30.3 Å². The van der Waals surface area contributed by atoms with Crippen LogP contribution in [0.3, 0.4) is 0 Å². The number of hydrogen-bond acceptors (Lipinski definition) is 4. The molecule has 1 fully saturated rings. The van der Waals surface area contributed by atoms with Crippen molar-refractivity contribution in [3.05, 3.63) is 35.9 Å². The highest BCUT2D eigenvalue weighted by Crippen LogP contribution is 2.36. The smallest absolute Gasteiger partial charge is 0.352 e.